The molecule has 0 aliphatic heterocycles. The number of hydrogen-bond acceptors (Lipinski definition) is 3. The van der Waals surface area contributed by atoms with Crippen molar-refractivity contribution in [1.29, 1.82) is 0 Å². The molecule has 5 heteroatoms. The van der Waals surface area contributed by atoms with Crippen LogP contribution in [0.3, 0.4) is 0 Å². The zero-order valence-electron chi connectivity index (χ0n) is 10.3. The molecule has 4 nitrogen and oxygen atoms in total. The van der Waals surface area contributed by atoms with Crippen molar-refractivity contribution in [3.05, 3.63) is 29.8 Å². The average molecular weight is 256 g/mol. The maximum Gasteiger partial charge on any atom is 0.218 e. The summed E-state index contributed by atoms with van der Waals surface area (Å²) in [6, 6.07) is 6.86. The molecule has 0 aromatic heterocycles. The van der Waals surface area contributed by atoms with Crippen LogP contribution >= 0.6 is 0 Å². The van der Waals surface area contributed by atoms with Gasteiger partial charge in [0.2, 0.25) is 10.0 Å². The van der Waals surface area contributed by atoms with E-state index in [9.17, 15) is 8.42 Å². The van der Waals surface area contributed by atoms with Crippen molar-refractivity contribution in [3.63, 3.8) is 0 Å². The molecule has 0 aliphatic rings. The minimum Gasteiger partial charge on any atom is -0.399 e. The van der Waals surface area contributed by atoms with Crippen molar-refractivity contribution in [2.45, 2.75) is 37.9 Å². The Hall–Kier alpha value is -1.07. The summed E-state index contributed by atoms with van der Waals surface area (Å²) in [6.07, 6.45) is 2.27. The molecule has 0 radical (unpaired) electrons. The maximum absolute atomic E-state index is 11.8. The number of anilines is 1. The van der Waals surface area contributed by atoms with E-state index in [1.807, 2.05) is 6.92 Å². The summed E-state index contributed by atoms with van der Waals surface area (Å²) in [5, 5.41) is 5.37. The Bertz CT molecular complexity index is 468. The smallest absolute Gasteiger partial charge is 0.218 e. The standard InChI is InChI=1S/C12H20N2O2S/c1-3-4-9-12(2,17(14,15)16)10-5-7-11(13)8-6-10/h5-8H,3-4,9,13H2,1-2H3,(H2,14,15,16). The second-order valence-electron chi connectivity index (χ2n) is 4.50. The van der Waals surface area contributed by atoms with Crippen LogP contribution in [0.1, 0.15) is 38.7 Å². The van der Waals surface area contributed by atoms with Crippen LogP contribution in [0.5, 0.6) is 0 Å². The molecule has 96 valence electrons. The third-order valence-electron chi connectivity index (χ3n) is 3.16. The van der Waals surface area contributed by atoms with Crippen molar-refractivity contribution in [3.8, 4) is 0 Å². The van der Waals surface area contributed by atoms with Gasteiger partial charge in [-0.05, 0) is 31.0 Å². The van der Waals surface area contributed by atoms with Crippen LogP contribution in [0.4, 0.5) is 5.69 Å². The van der Waals surface area contributed by atoms with Gasteiger partial charge in [-0.1, -0.05) is 31.9 Å². The van der Waals surface area contributed by atoms with E-state index < -0.39 is 14.8 Å². The Balaban J connectivity index is 3.19. The largest absolute Gasteiger partial charge is 0.399 e. The van der Waals surface area contributed by atoms with Crippen LogP contribution in [0.2, 0.25) is 0 Å². The number of rotatable bonds is 5. The predicted octanol–water partition coefficient (Wildman–Crippen LogP) is 1.96. The van der Waals surface area contributed by atoms with E-state index in [2.05, 4.69) is 0 Å². The number of unbranched alkanes of at least 4 members (excludes halogenated alkanes) is 1. The van der Waals surface area contributed by atoms with Gasteiger partial charge in [-0.2, -0.15) is 0 Å². The molecular weight excluding hydrogens is 236 g/mol. The lowest BCUT2D eigenvalue weighted by Crippen LogP contribution is -2.38. The minimum atomic E-state index is -3.64. The Morgan fingerprint density at radius 3 is 2.18 bits per heavy atom. The number of primary sulfonamides is 1. The second-order valence-corrected chi connectivity index (χ2v) is 6.49. The molecule has 1 aromatic carbocycles. The predicted molar refractivity (Wildman–Crippen MR) is 70.8 cm³/mol. The van der Waals surface area contributed by atoms with E-state index in [0.29, 0.717) is 17.7 Å². The first-order valence-electron chi connectivity index (χ1n) is 5.69. The summed E-state index contributed by atoms with van der Waals surface area (Å²) in [6.45, 7) is 3.69. The van der Waals surface area contributed by atoms with Gasteiger partial charge in [0, 0.05) is 5.69 Å². The Morgan fingerprint density at radius 2 is 1.76 bits per heavy atom. The molecule has 0 bridgehead atoms. The molecule has 17 heavy (non-hydrogen) atoms. The van der Waals surface area contributed by atoms with Gasteiger partial charge in [0.05, 0.1) is 0 Å². The molecule has 0 saturated heterocycles. The SMILES string of the molecule is CCCCC(C)(c1ccc(N)cc1)S(N)(=O)=O. The molecule has 0 amide bonds. The van der Waals surface area contributed by atoms with Gasteiger partial charge in [-0.25, -0.2) is 13.6 Å². The minimum absolute atomic E-state index is 0.520. The van der Waals surface area contributed by atoms with Crippen LogP contribution < -0.4 is 10.9 Å². The van der Waals surface area contributed by atoms with Crippen molar-refractivity contribution < 1.29 is 8.42 Å². The Morgan fingerprint density at radius 1 is 1.24 bits per heavy atom. The highest BCUT2D eigenvalue weighted by molar-refractivity contribution is 7.90. The van der Waals surface area contributed by atoms with Gasteiger partial charge in [-0.15, -0.1) is 0 Å². The summed E-state index contributed by atoms with van der Waals surface area (Å²) in [4.78, 5) is 0. The molecule has 1 atom stereocenters. The lowest BCUT2D eigenvalue weighted by Gasteiger charge is -2.27. The topological polar surface area (TPSA) is 86.2 Å². The first-order chi connectivity index (χ1) is 7.81. The van der Waals surface area contributed by atoms with Crippen molar-refractivity contribution in [2.75, 3.05) is 5.73 Å². The number of nitrogen functional groups attached to an aromatic ring is 1. The molecule has 1 aromatic rings. The summed E-state index contributed by atoms with van der Waals surface area (Å²) < 4.78 is 22.6. The van der Waals surface area contributed by atoms with Crippen LogP contribution in [0.15, 0.2) is 24.3 Å². The van der Waals surface area contributed by atoms with Gasteiger partial charge < -0.3 is 5.73 Å². The van der Waals surface area contributed by atoms with E-state index in [-0.39, 0.29) is 0 Å². The highest BCUT2D eigenvalue weighted by atomic mass is 32.2. The highest BCUT2D eigenvalue weighted by Gasteiger charge is 2.37. The van der Waals surface area contributed by atoms with Crippen LogP contribution in [0, 0.1) is 0 Å². The first-order valence-corrected chi connectivity index (χ1v) is 7.24. The molecule has 0 heterocycles. The summed E-state index contributed by atoms with van der Waals surface area (Å²) >= 11 is 0. The van der Waals surface area contributed by atoms with Gasteiger partial charge >= 0.3 is 0 Å². The highest BCUT2D eigenvalue weighted by Crippen LogP contribution is 2.34. The fourth-order valence-corrected chi connectivity index (χ4v) is 2.69. The third kappa shape index (κ3) is 2.98. The number of sulfonamides is 1. The summed E-state index contributed by atoms with van der Waals surface area (Å²) in [5.74, 6) is 0. The summed E-state index contributed by atoms with van der Waals surface area (Å²) in [5.41, 5.74) is 6.91. The van der Waals surface area contributed by atoms with E-state index in [4.69, 9.17) is 10.9 Å². The van der Waals surface area contributed by atoms with E-state index in [1.165, 1.54) is 0 Å². The zero-order chi connectivity index (χ0) is 13.1. The monoisotopic (exact) mass is 256 g/mol. The molecule has 0 fully saturated rings. The molecule has 0 aliphatic carbocycles. The van der Waals surface area contributed by atoms with Crippen LogP contribution in [0.25, 0.3) is 0 Å². The van der Waals surface area contributed by atoms with Crippen LogP contribution in [-0.2, 0) is 14.8 Å². The number of hydrogen-bond donors (Lipinski definition) is 2. The zero-order valence-corrected chi connectivity index (χ0v) is 11.1. The van der Waals surface area contributed by atoms with Crippen LogP contribution in [-0.4, -0.2) is 8.42 Å². The lowest BCUT2D eigenvalue weighted by molar-refractivity contribution is 0.503. The fourth-order valence-electron chi connectivity index (χ4n) is 1.80. The Kier molecular flexibility index (Phi) is 4.16. The Labute approximate surface area is 103 Å². The molecular formula is C12H20N2O2S. The molecule has 1 unspecified atom stereocenters. The van der Waals surface area contributed by atoms with Gasteiger partial charge in [0.1, 0.15) is 4.75 Å². The van der Waals surface area contributed by atoms with Crippen molar-refractivity contribution in [2.24, 2.45) is 5.14 Å². The fraction of sp³-hybridized carbons (Fsp3) is 0.500. The van der Waals surface area contributed by atoms with E-state index in [1.54, 1.807) is 31.2 Å². The molecule has 4 N–H and O–H groups in total. The normalized spacial score (nSPS) is 15.5. The molecule has 0 spiro atoms. The quantitative estimate of drug-likeness (QED) is 0.790. The number of benzene rings is 1. The number of nitrogens with two attached hydrogens (primary N) is 2. The second kappa shape index (κ2) is 5.06. The first kappa shape index (κ1) is 14.0. The molecule has 0 saturated carbocycles. The van der Waals surface area contributed by atoms with Gasteiger partial charge in [-0.3, -0.25) is 0 Å². The van der Waals surface area contributed by atoms with Gasteiger partial charge in [0.15, 0.2) is 0 Å². The van der Waals surface area contributed by atoms with Gasteiger partial charge in [0.25, 0.3) is 0 Å². The van der Waals surface area contributed by atoms with E-state index >= 15 is 0 Å². The third-order valence-corrected chi connectivity index (χ3v) is 4.85. The maximum atomic E-state index is 11.8. The lowest BCUT2D eigenvalue weighted by atomic mass is 9.94. The van der Waals surface area contributed by atoms with Crippen molar-refractivity contribution >= 4 is 15.7 Å². The van der Waals surface area contributed by atoms with Crippen molar-refractivity contribution in [1.82, 2.24) is 0 Å². The van der Waals surface area contributed by atoms with E-state index in [0.717, 1.165) is 12.8 Å². The average Bonchev–Trinajstić information content (AvgIpc) is 2.25. The summed E-state index contributed by atoms with van der Waals surface area (Å²) in [7, 11) is -3.64. The molecule has 1 rings (SSSR count).